The zero-order chi connectivity index (χ0) is 19.5. The molecule has 1 aliphatic rings. The van der Waals surface area contributed by atoms with Crippen molar-refractivity contribution in [1.29, 1.82) is 0 Å². The van der Waals surface area contributed by atoms with E-state index in [2.05, 4.69) is 22.2 Å². The zero-order valence-electron chi connectivity index (χ0n) is 16.6. The maximum Gasteiger partial charge on any atom is 0.409 e. The fourth-order valence-corrected chi connectivity index (χ4v) is 2.93. The van der Waals surface area contributed by atoms with Crippen molar-refractivity contribution >= 4 is 36.0 Å². The lowest BCUT2D eigenvalue weighted by Gasteiger charge is -2.32. The van der Waals surface area contributed by atoms with Crippen LogP contribution < -0.4 is 15.4 Å². The Morgan fingerprint density at radius 1 is 1.36 bits per heavy atom. The largest absolute Gasteiger partial charge is 0.489 e. The Bertz CT molecular complexity index is 646. The molecule has 0 unspecified atom stereocenters. The summed E-state index contributed by atoms with van der Waals surface area (Å²) in [4.78, 5) is 17.8. The Hall–Kier alpha value is -1.97. The van der Waals surface area contributed by atoms with E-state index in [4.69, 9.17) is 9.47 Å². The van der Waals surface area contributed by atoms with Gasteiger partial charge in [0.25, 0.3) is 0 Å². The Morgan fingerprint density at radius 2 is 2.07 bits per heavy atom. The number of likely N-dealkylation sites (tertiary alicyclic amines) is 1. The van der Waals surface area contributed by atoms with Crippen LogP contribution in [0.1, 0.15) is 25.3 Å². The molecule has 0 radical (unpaired) electrons. The lowest BCUT2D eigenvalue weighted by molar-refractivity contribution is 0.0963. The van der Waals surface area contributed by atoms with Gasteiger partial charge in [0.05, 0.1) is 6.61 Å². The van der Waals surface area contributed by atoms with E-state index in [9.17, 15) is 4.79 Å². The van der Waals surface area contributed by atoms with E-state index < -0.39 is 0 Å². The number of piperidine rings is 1. The summed E-state index contributed by atoms with van der Waals surface area (Å²) in [5.74, 6) is 1.58. The molecule has 0 aliphatic carbocycles. The molecule has 1 saturated heterocycles. The number of amides is 1. The van der Waals surface area contributed by atoms with E-state index in [1.165, 1.54) is 0 Å². The topological polar surface area (TPSA) is 75.2 Å². The second kappa shape index (κ2) is 13.2. The van der Waals surface area contributed by atoms with Crippen LogP contribution in [0.3, 0.4) is 0 Å². The smallest absolute Gasteiger partial charge is 0.409 e. The highest BCUT2D eigenvalue weighted by Gasteiger charge is 2.24. The summed E-state index contributed by atoms with van der Waals surface area (Å²) >= 11 is 0. The Labute approximate surface area is 184 Å². The first-order chi connectivity index (χ1) is 13.2. The number of benzene rings is 1. The lowest BCUT2D eigenvalue weighted by atomic mass is 10.1. The number of rotatable bonds is 7. The van der Waals surface area contributed by atoms with Gasteiger partial charge in [-0.2, -0.15) is 0 Å². The number of ether oxygens (including phenoxy) is 2. The van der Waals surface area contributed by atoms with Gasteiger partial charge in [0.15, 0.2) is 5.96 Å². The number of halogens is 1. The summed E-state index contributed by atoms with van der Waals surface area (Å²) in [6.07, 6.45) is 3.22. The highest BCUT2D eigenvalue weighted by Crippen LogP contribution is 2.17. The number of hydrogen-bond acceptors (Lipinski definition) is 4. The van der Waals surface area contributed by atoms with Crippen molar-refractivity contribution in [2.45, 2.75) is 32.4 Å². The number of carbonyl (C=O) groups excluding carboxylic acids is 1. The first kappa shape index (κ1) is 24.1. The zero-order valence-corrected chi connectivity index (χ0v) is 19.0. The fraction of sp³-hybridized carbons (Fsp3) is 0.500. The molecule has 156 valence electrons. The second-order valence-corrected chi connectivity index (χ2v) is 6.24. The van der Waals surface area contributed by atoms with Gasteiger partial charge in [-0.1, -0.05) is 30.9 Å². The molecule has 0 spiro atoms. The van der Waals surface area contributed by atoms with Crippen molar-refractivity contribution < 1.29 is 14.3 Å². The Morgan fingerprint density at radius 3 is 2.71 bits per heavy atom. The average Bonchev–Trinajstić information content (AvgIpc) is 2.70. The minimum Gasteiger partial charge on any atom is -0.489 e. The number of hydrogen-bond donors (Lipinski definition) is 2. The van der Waals surface area contributed by atoms with Crippen LogP contribution in [-0.2, 0) is 11.3 Å². The summed E-state index contributed by atoms with van der Waals surface area (Å²) in [6, 6.07) is 8.18. The summed E-state index contributed by atoms with van der Waals surface area (Å²) < 4.78 is 10.7. The van der Waals surface area contributed by atoms with Crippen LogP contribution in [0.15, 0.2) is 41.9 Å². The molecule has 0 aromatic heterocycles. The number of carbonyl (C=O) groups is 1. The van der Waals surface area contributed by atoms with E-state index in [1.807, 2.05) is 31.2 Å². The molecule has 1 aromatic carbocycles. The fourth-order valence-electron chi connectivity index (χ4n) is 2.93. The molecule has 1 fully saturated rings. The van der Waals surface area contributed by atoms with Gasteiger partial charge >= 0.3 is 6.09 Å². The van der Waals surface area contributed by atoms with Gasteiger partial charge in [-0.25, -0.2) is 4.79 Å². The first-order valence-corrected chi connectivity index (χ1v) is 9.38. The van der Waals surface area contributed by atoms with Gasteiger partial charge in [-0.3, -0.25) is 4.99 Å². The van der Waals surface area contributed by atoms with Crippen LogP contribution in [0, 0.1) is 0 Å². The van der Waals surface area contributed by atoms with Crippen molar-refractivity contribution in [1.82, 2.24) is 15.5 Å². The normalized spacial score (nSPS) is 14.6. The number of nitrogens with one attached hydrogen (secondary N) is 2. The average molecular weight is 502 g/mol. The summed E-state index contributed by atoms with van der Waals surface area (Å²) in [7, 11) is 1.75. The summed E-state index contributed by atoms with van der Waals surface area (Å²) in [6.45, 7) is 8.37. The highest BCUT2D eigenvalue weighted by molar-refractivity contribution is 14.0. The summed E-state index contributed by atoms with van der Waals surface area (Å²) in [5.41, 5.74) is 1.06. The molecule has 0 atom stereocenters. The molecule has 1 heterocycles. The third-order valence-electron chi connectivity index (χ3n) is 4.36. The Kier molecular flexibility index (Phi) is 11.4. The predicted molar refractivity (Wildman–Crippen MR) is 123 cm³/mol. The van der Waals surface area contributed by atoms with Gasteiger partial charge < -0.3 is 25.0 Å². The molecule has 1 aromatic rings. The van der Waals surface area contributed by atoms with Gasteiger partial charge in [0, 0.05) is 38.3 Å². The molecule has 1 aliphatic heterocycles. The minimum atomic E-state index is -0.227. The van der Waals surface area contributed by atoms with Crippen LogP contribution in [0.2, 0.25) is 0 Å². The highest BCUT2D eigenvalue weighted by atomic mass is 127. The predicted octanol–water partition coefficient (Wildman–Crippen LogP) is 3.16. The van der Waals surface area contributed by atoms with E-state index in [1.54, 1.807) is 18.0 Å². The van der Waals surface area contributed by atoms with Crippen LogP contribution in [0.4, 0.5) is 4.79 Å². The molecule has 7 nitrogen and oxygen atoms in total. The van der Waals surface area contributed by atoms with Crippen molar-refractivity contribution in [3.05, 3.63) is 42.5 Å². The molecular formula is C20H31IN4O3. The minimum absolute atomic E-state index is 0. The summed E-state index contributed by atoms with van der Waals surface area (Å²) in [5, 5.41) is 6.77. The van der Waals surface area contributed by atoms with Crippen molar-refractivity contribution in [3.8, 4) is 5.75 Å². The quantitative estimate of drug-likeness (QED) is 0.260. The third kappa shape index (κ3) is 7.57. The monoisotopic (exact) mass is 502 g/mol. The Balaban J connectivity index is 0.00000392. The van der Waals surface area contributed by atoms with Crippen molar-refractivity contribution in [2.24, 2.45) is 4.99 Å². The SMILES string of the molecule is C=CCOc1ccccc1CNC(=NC)NC1CCN(C(=O)OCC)CC1.I. The maximum absolute atomic E-state index is 11.8. The van der Waals surface area contributed by atoms with E-state index in [0.29, 0.717) is 32.8 Å². The van der Waals surface area contributed by atoms with Crippen molar-refractivity contribution in [3.63, 3.8) is 0 Å². The lowest BCUT2D eigenvalue weighted by Crippen LogP contribution is -2.49. The first-order valence-electron chi connectivity index (χ1n) is 9.38. The molecule has 28 heavy (non-hydrogen) atoms. The van der Waals surface area contributed by atoms with Gasteiger partial charge in [0.1, 0.15) is 12.4 Å². The molecule has 2 rings (SSSR count). The van der Waals surface area contributed by atoms with Gasteiger partial charge in [-0.15, -0.1) is 24.0 Å². The molecule has 0 saturated carbocycles. The number of nitrogens with zero attached hydrogens (tertiary/aromatic N) is 2. The molecule has 2 N–H and O–H groups in total. The third-order valence-corrected chi connectivity index (χ3v) is 4.36. The second-order valence-electron chi connectivity index (χ2n) is 6.24. The number of aliphatic imine (C=N–C) groups is 1. The molecule has 0 bridgehead atoms. The van der Waals surface area contributed by atoms with E-state index in [0.717, 1.165) is 30.1 Å². The van der Waals surface area contributed by atoms with Crippen molar-refractivity contribution in [2.75, 3.05) is 33.4 Å². The standard InChI is InChI=1S/C20H30N4O3.HI/c1-4-14-27-18-9-7-6-8-16(18)15-22-19(21-3)23-17-10-12-24(13-11-17)20(25)26-5-2;/h4,6-9,17H,1,5,10-15H2,2-3H3,(H2,21,22,23);1H. The van der Waals surface area contributed by atoms with Crippen LogP contribution in [0.25, 0.3) is 0 Å². The molecular weight excluding hydrogens is 471 g/mol. The van der Waals surface area contributed by atoms with Crippen LogP contribution in [0.5, 0.6) is 5.75 Å². The maximum atomic E-state index is 11.8. The van der Waals surface area contributed by atoms with E-state index in [-0.39, 0.29) is 36.1 Å². The number of guanidine groups is 1. The van der Waals surface area contributed by atoms with Gasteiger partial charge in [0.2, 0.25) is 0 Å². The van der Waals surface area contributed by atoms with Crippen LogP contribution in [-0.4, -0.2) is 56.3 Å². The van der Waals surface area contributed by atoms with Gasteiger partial charge in [-0.05, 0) is 25.8 Å². The van der Waals surface area contributed by atoms with E-state index >= 15 is 0 Å². The van der Waals surface area contributed by atoms with Crippen LogP contribution >= 0.6 is 24.0 Å². The molecule has 1 amide bonds. The number of para-hydroxylation sites is 1. The molecule has 8 heteroatoms.